The van der Waals surface area contributed by atoms with Crippen molar-refractivity contribution < 1.29 is 19.1 Å². The van der Waals surface area contributed by atoms with Crippen molar-refractivity contribution in [3.05, 3.63) is 12.2 Å². The molecule has 1 atom stereocenters. The molecule has 1 aliphatic rings. The van der Waals surface area contributed by atoms with Gasteiger partial charge in [-0.3, -0.25) is 4.79 Å². The van der Waals surface area contributed by atoms with E-state index < -0.39 is 11.6 Å². The van der Waals surface area contributed by atoms with Crippen LogP contribution in [0.4, 0.5) is 0 Å². The first kappa shape index (κ1) is 9.77. The van der Waals surface area contributed by atoms with Crippen LogP contribution in [0, 0.1) is 0 Å². The van der Waals surface area contributed by atoms with Gasteiger partial charge in [-0.15, -0.1) is 0 Å². The quantitative estimate of drug-likeness (QED) is 0.481. The van der Waals surface area contributed by atoms with Gasteiger partial charge < -0.3 is 9.47 Å². The van der Waals surface area contributed by atoms with Crippen molar-refractivity contribution in [2.75, 3.05) is 6.61 Å². The van der Waals surface area contributed by atoms with Gasteiger partial charge in [0.25, 0.3) is 0 Å². The Kier molecular flexibility index (Phi) is 2.70. The fraction of sp³-hybridized carbons (Fsp3) is 0.556. The predicted octanol–water partition coefficient (Wildman–Crippen LogP) is 0.811. The molecule has 0 aromatic rings. The van der Waals surface area contributed by atoms with E-state index in [0.717, 1.165) is 0 Å². The van der Waals surface area contributed by atoms with Crippen molar-refractivity contribution in [3.63, 3.8) is 0 Å². The van der Waals surface area contributed by atoms with Crippen molar-refractivity contribution >= 4 is 11.9 Å². The first-order chi connectivity index (χ1) is 6.06. The lowest BCUT2D eigenvalue weighted by Gasteiger charge is -2.36. The molecule has 0 N–H and O–H groups in total. The number of rotatable bonds is 3. The van der Waals surface area contributed by atoms with E-state index in [1.165, 1.54) is 6.08 Å². The number of hydrogen-bond acceptors (Lipinski definition) is 4. The molecule has 1 aliphatic heterocycles. The van der Waals surface area contributed by atoms with Crippen LogP contribution < -0.4 is 0 Å². The molecule has 72 valence electrons. The molecule has 1 saturated heterocycles. The van der Waals surface area contributed by atoms with Gasteiger partial charge in [-0.2, -0.15) is 0 Å². The van der Waals surface area contributed by atoms with E-state index in [1.54, 1.807) is 19.9 Å². The third-order valence-electron chi connectivity index (χ3n) is 1.70. The van der Waals surface area contributed by atoms with Gasteiger partial charge in [-0.25, -0.2) is 4.79 Å². The third-order valence-corrected chi connectivity index (χ3v) is 1.70. The summed E-state index contributed by atoms with van der Waals surface area (Å²) in [4.78, 5) is 21.4. The highest BCUT2D eigenvalue weighted by Gasteiger charge is 2.42. The van der Waals surface area contributed by atoms with E-state index in [-0.39, 0.29) is 12.6 Å². The molecule has 0 amide bonds. The monoisotopic (exact) mass is 184 g/mol. The minimum Gasteiger partial charge on any atom is -0.458 e. The van der Waals surface area contributed by atoms with Gasteiger partial charge in [0.15, 0.2) is 5.60 Å². The second kappa shape index (κ2) is 3.60. The maximum Gasteiger partial charge on any atom is 0.330 e. The van der Waals surface area contributed by atoms with Crippen LogP contribution in [0.3, 0.4) is 0 Å². The van der Waals surface area contributed by atoms with E-state index in [4.69, 9.17) is 9.47 Å². The lowest BCUT2D eigenvalue weighted by molar-refractivity contribution is -0.198. The smallest absolute Gasteiger partial charge is 0.330 e. The summed E-state index contributed by atoms with van der Waals surface area (Å²) in [6.07, 6.45) is 3.23. The number of ether oxygens (including phenoxy) is 2. The Morgan fingerprint density at radius 1 is 1.77 bits per heavy atom. The molecule has 4 heteroatoms. The molecule has 0 aromatic heterocycles. The van der Waals surface area contributed by atoms with E-state index in [0.29, 0.717) is 6.42 Å². The summed E-state index contributed by atoms with van der Waals surface area (Å²) in [5.41, 5.74) is -0.603. The van der Waals surface area contributed by atoms with Gasteiger partial charge in [0.05, 0.1) is 6.42 Å². The number of esters is 2. The summed E-state index contributed by atoms with van der Waals surface area (Å²) >= 11 is 0. The standard InChI is InChI=1S/C9H12O4/c1-3-4-7(10)12-6-9(2)5-8(11)13-9/h3-4H,5-6H2,1-2H3. The van der Waals surface area contributed by atoms with Gasteiger partial charge in [0.1, 0.15) is 6.61 Å². The predicted molar refractivity (Wildman–Crippen MR) is 44.9 cm³/mol. The lowest BCUT2D eigenvalue weighted by atomic mass is 9.98. The van der Waals surface area contributed by atoms with Gasteiger partial charge in [-0.05, 0) is 13.8 Å². The lowest BCUT2D eigenvalue weighted by Crippen LogP contribution is -2.48. The van der Waals surface area contributed by atoms with Crippen LogP contribution in [0.25, 0.3) is 0 Å². The molecule has 0 aliphatic carbocycles. The van der Waals surface area contributed by atoms with E-state index in [9.17, 15) is 9.59 Å². The number of hydrogen-bond donors (Lipinski definition) is 0. The number of allylic oxidation sites excluding steroid dienone is 1. The van der Waals surface area contributed by atoms with Crippen LogP contribution in [0.15, 0.2) is 12.2 Å². The number of cyclic esters (lactones) is 1. The van der Waals surface area contributed by atoms with Crippen LogP contribution in [0.1, 0.15) is 20.3 Å². The zero-order chi connectivity index (χ0) is 9.90. The normalized spacial score (nSPS) is 26.8. The van der Waals surface area contributed by atoms with Crippen molar-refractivity contribution in [3.8, 4) is 0 Å². The Hall–Kier alpha value is -1.32. The Labute approximate surface area is 76.5 Å². The second-order valence-electron chi connectivity index (χ2n) is 3.21. The number of carbonyl (C=O) groups excluding carboxylic acids is 2. The van der Waals surface area contributed by atoms with Crippen molar-refractivity contribution in [1.82, 2.24) is 0 Å². The molecule has 1 heterocycles. The molecule has 4 nitrogen and oxygen atoms in total. The minimum atomic E-state index is -0.603. The molecule has 1 unspecified atom stereocenters. The summed E-state index contributed by atoms with van der Waals surface area (Å²) < 4.78 is 9.65. The zero-order valence-corrected chi connectivity index (χ0v) is 7.70. The van der Waals surface area contributed by atoms with E-state index in [2.05, 4.69) is 0 Å². The van der Waals surface area contributed by atoms with Gasteiger partial charge in [0.2, 0.25) is 0 Å². The third kappa shape index (κ3) is 2.57. The zero-order valence-electron chi connectivity index (χ0n) is 7.70. The highest BCUT2D eigenvalue weighted by molar-refractivity contribution is 5.82. The molecule has 13 heavy (non-hydrogen) atoms. The highest BCUT2D eigenvalue weighted by Crippen LogP contribution is 2.27. The Morgan fingerprint density at radius 2 is 2.38 bits per heavy atom. The molecule has 0 spiro atoms. The summed E-state index contributed by atoms with van der Waals surface area (Å²) in [5.74, 6) is -0.656. The van der Waals surface area contributed by atoms with Gasteiger partial charge >= 0.3 is 11.9 Å². The van der Waals surface area contributed by atoms with Gasteiger partial charge in [0, 0.05) is 6.08 Å². The van der Waals surface area contributed by atoms with Gasteiger partial charge in [-0.1, -0.05) is 6.08 Å². The SMILES string of the molecule is CC=CC(=O)OCC1(C)CC(=O)O1. The maximum atomic E-state index is 10.9. The van der Waals surface area contributed by atoms with Crippen molar-refractivity contribution in [2.24, 2.45) is 0 Å². The fourth-order valence-electron chi connectivity index (χ4n) is 1.06. The first-order valence-electron chi connectivity index (χ1n) is 4.07. The Morgan fingerprint density at radius 3 is 2.85 bits per heavy atom. The number of carbonyl (C=O) groups is 2. The van der Waals surface area contributed by atoms with Crippen LogP contribution in [0.2, 0.25) is 0 Å². The van der Waals surface area contributed by atoms with E-state index in [1.807, 2.05) is 0 Å². The fourth-order valence-corrected chi connectivity index (χ4v) is 1.06. The molecule has 0 bridgehead atoms. The molecular weight excluding hydrogens is 172 g/mol. The first-order valence-corrected chi connectivity index (χ1v) is 4.07. The maximum absolute atomic E-state index is 10.9. The minimum absolute atomic E-state index is 0.127. The summed E-state index contributed by atoms with van der Waals surface area (Å²) in [6.45, 7) is 3.59. The van der Waals surface area contributed by atoms with E-state index >= 15 is 0 Å². The second-order valence-corrected chi connectivity index (χ2v) is 3.21. The van der Waals surface area contributed by atoms with Crippen LogP contribution in [0.5, 0.6) is 0 Å². The van der Waals surface area contributed by atoms with Crippen LogP contribution in [-0.4, -0.2) is 24.1 Å². The van der Waals surface area contributed by atoms with Crippen molar-refractivity contribution in [2.45, 2.75) is 25.9 Å². The summed E-state index contributed by atoms with van der Waals surface area (Å²) in [5, 5.41) is 0. The summed E-state index contributed by atoms with van der Waals surface area (Å²) in [7, 11) is 0. The van der Waals surface area contributed by atoms with Crippen LogP contribution in [-0.2, 0) is 19.1 Å². The largest absolute Gasteiger partial charge is 0.458 e. The highest BCUT2D eigenvalue weighted by atomic mass is 16.6. The Balaban J connectivity index is 2.27. The van der Waals surface area contributed by atoms with Crippen molar-refractivity contribution in [1.29, 1.82) is 0 Å². The molecule has 0 saturated carbocycles. The average molecular weight is 184 g/mol. The topological polar surface area (TPSA) is 52.6 Å². The molecule has 1 rings (SSSR count). The molecule has 1 fully saturated rings. The molecule has 0 radical (unpaired) electrons. The van der Waals surface area contributed by atoms with Crippen LogP contribution >= 0.6 is 0 Å². The summed E-state index contributed by atoms with van der Waals surface area (Å²) in [6, 6.07) is 0. The Bertz CT molecular complexity index is 246. The molecule has 0 aromatic carbocycles. The average Bonchev–Trinajstić information content (AvgIpc) is 1.99. The molecular formula is C9H12O4.